The Labute approximate surface area is 158 Å². The Morgan fingerprint density at radius 3 is 2.29 bits per heavy atom. The fraction of sp³-hybridized carbons (Fsp3) is 0.0588. The molecule has 1 aromatic heterocycles. The largest absolute Gasteiger partial charge is 0.301 e. The van der Waals surface area contributed by atoms with E-state index in [-0.39, 0.29) is 5.56 Å². The van der Waals surface area contributed by atoms with Gasteiger partial charge in [-0.3, -0.25) is 4.79 Å². The summed E-state index contributed by atoms with van der Waals surface area (Å²) in [6.07, 6.45) is 1.84. The highest BCUT2D eigenvalue weighted by Gasteiger charge is 2.17. The fourth-order valence-corrected chi connectivity index (χ4v) is 3.31. The molecule has 0 amide bonds. The zero-order valence-corrected chi connectivity index (χ0v) is 15.5. The summed E-state index contributed by atoms with van der Waals surface area (Å²) in [5, 5.41) is 2.06. The van der Waals surface area contributed by atoms with Crippen LogP contribution in [-0.2, 0) is 0 Å². The van der Waals surface area contributed by atoms with Gasteiger partial charge in [-0.2, -0.15) is 0 Å². The first-order chi connectivity index (χ1) is 11.5. The van der Waals surface area contributed by atoms with Gasteiger partial charge in [-0.05, 0) is 42.2 Å². The Bertz CT molecular complexity index is 955. The highest BCUT2D eigenvalue weighted by Crippen LogP contribution is 2.35. The van der Waals surface area contributed by atoms with Crippen molar-refractivity contribution >= 4 is 46.6 Å². The summed E-state index contributed by atoms with van der Waals surface area (Å²) in [4.78, 5) is 20.0. The maximum Gasteiger partial charge on any atom is 0.260 e. The van der Waals surface area contributed by atoms with Gasteiger partial charge in [0.05, 0.1) is 16.3 Å². The number of nitrogens with zero attached hydrogens (tertiary/aromatic N) is 1. The molecule has 0 bridgehead atoms. The predicted octanol–water partition coefficient (Wildman–Crippen LogP) is 5.79. The number of benzene rings is 2. The number of nitrogens with one attached hydrogen (secondary N) is 1. The van der Waals surface area contributed by atoms with Crippen molar-refractivity contribution in [1.29, 1.82) is 0 Å². The molecule has 1 N–H and O–H groups in total. The molecule has 3 aromatic rings. The van der Waals surface area contributed by atoms with Gasteiger partial charge < -0.3 is 4.98 Å². The summed E-state index contributed by atoms with van der Waals surface area (Å²) in [7, 11) is 0. The summed E-state index contributed by atoms with van der Waals surface area (Å²) in [5.74, 6) is 0. The minimum absolute atomic E-state index is 0.238. The van der Waals surface area contributed by atoms with Crippen LogP contribution in [0.15, 0.2) is 52.4 Å². The van der Waals surface area contributed by atoms with E-state index in [1.807, 2.05) is 6.26 Å². The Balaban J connectivity index is 2.32. The molecule has 0 spiro atoms. The van der Waals surface area contributed by atoms with Crippen LogP contribution in [0.5, 0.6) is 0 Å². The predicted molar refractivity (Wildman–Crippen MR) is 103 cm³/mol. The lowest BCUT2D eigenvalue weighted by Crippen LogP contribution is -2.13. The van der Waals surface area contributed by atoms with Crippen LogP contribution in [0.3, 0.4) is 0 Å². The van der Waals surface area contributed by atoms with E-state index in [1.54, 1.807) is 42.5 Å². The lowest BCUT2D eigenvalue weighted by Gasteiger charge is -2.11. The van der Waals surface area contributed by atoms with E-state index in [4.69, 9.17) is 34.8 Å². The topological polar surface area (TPSA) is 45.8 Å². The molecule has 24 heavy (non-hydrogen) atoms. The van der Waals surface area contributed by atoms with Gasteiger partial charge in [-0.25, -0.2) is 4.98 Å². The zero-order chi connectivity index (χ0) is 17.3. The number of halogens is 3. The number of aromatic nitrogens is 2. The van der Waals surface area contributed by atoms with Crippen LogP contribution in [0.2, 0.25) is 15.1 Å². The summed E-state index contributed by atoms with van der Waals surface area (Å²) < 4.78 is 0. The lowest BCUT2D eigenvalue weighted by molar-refractivity contribution is 0.949. The lowest BCUT2D eigenvalue weighted by atomic mass is 10.0. The minimum atomic E-state index is -0.238. The van der Waals surface area contributed by atoms with Crippen molar-refractivity contribution in [2.45, 2.75) is 5.16 Å². The molecule has 0 aliphatic carbocycles. The molecule has 0 radical (unpaired) electrons. The van der Waals surface area contributed by atoms with Crippen LogP contribution in [0.4, 0.5) is 0 Å². The van der Waals surface area contributed by atoms with Crippen LogP contribution in [-0.4, -0.2) is 16.2 Å². The second-order valence-electron chi connectivity index (χ2n) is 4.93. The van der Waals surface area contributed by atoms with Crippen molar-refractivity contribution in [2.75, 3.05) is 6.26 Å². The van der Waals surface area contributed by atoms with Gasteiger partial charge in [0.25, 0.3) is 5.56 Å². The van der Waals surface area contributed by atoms with E-state index < -0.39 is 0 Å². The molecular weight excluding hydrogens is 387 g/mol. The SMILES string of the molecule is CSc1nc(-c2ccc(Cl)cc2Cl)c(-c2ccc(Cl)cc2)c(=O)[nH]1. The molecule has 0 aliphatic heterocycles. The van der Waals surface area contributed by atoms with Crippen molar-refractivity contribution in [3.05, 3.63) is 67.9 Å². The van der Waals surface area contributed by atoms with Crippen molar-refractivity contribution in [3.8, 4) is 22.4 Å². The third-order valence-corrected chi connectivity index (χ3v) is 4.79. The average Bonchev–Trinajstić information content (AvgIpc) is 2.55. The van der Waals surface area contributed by atoms with Crippen molar-refractivity contribution in [1.82, 2.24) is 9.97 Å². The molecule has 122 valence electrons. The van der Waals surface area contributed by atoms with Crippen LogP contribution in [0.1, 0.15) is 0 Å². The molecule has 1 heterocycles. The third-order valence-electron chi connectivity index (χ3n) is 3.41. The van der Waals surface area contributed by atoms with Gasteiger partial charge >= 0.3 is 0 Å². The number of H-pyrrole nitrogens is 1. The van der Waals surface area contributed by atoms with E-state index in [1.165, 1.54) is 11.8 Å². The third kappa shape index (κ3) is 3.47. The Morgan fingerprint density at radius 2 is 1.67 bits per heavy atom. The van der Waals surface area contributed by atoms with Crippen LogP contribution >= 0.6 is 46.6 Å². The van der Waals surface area contributed by atoms with Gasteiger partial charge in [-0.1, -0.05) is 58.7 Å². The second kappa shape index (κ2) is 7.19. The van der Waals surface area contributed by atoms with Crippen LogP contribution in [0.25, 0.3) is 22.4 Å². The molecule has 0 atom stereocenters. The van der Waals surface area contributed by atoms with Gasteiger partial charge in [0.2, 0.25) is 0 Å². The number of thioether (sulfide) groups is 1. The molecule has 0 saturated carbocycles. The first-order valence-electron chi connectivity index (χ1n) is 6.89. The smallest absolute Gasteiger partial charge is 0.260 e. The minimum Gasteiger partial charge on any atom is -0.301 e. The number of hydrogen-bond acceptors (Lipinski definition) is 3. The average molecular weight is 398 g/mol. The van der Waals surface area contributed by atoms with Gasteiger partial charge in [0.1, 0.15) is 0 Å². The number of rotatable bonds is 3. The van der Waals surface area contributed by atoms with Gasteiger partial charge in [0, 0.05) is 15.6 Å². The second-order valence-corrected chi connectivity index (χ2v) is 7.00. The van der Waals surface area contributed by atoms with Crippen LogP contribution < -0.4 is 5.56 Å². The van der Waals surface area contributed by atoms with Crippen molar-refractivity contribution in [3.63, 3.8) is 0 Å². The van der Waals surface area contributed by atoms with Gasteiger partial charge in [0.15, 0.2) is 5.16 Å². The van der Waals surface area contributed by atoms with Crippen LogP contribution in [0, 0.1) is 0 Å². The molecular formula is C17H11Cl3N2OS. The molecule has 0 saturated heterocycles. The van der Waals surface area contributed by atoms with Crippen molar-refractivity contribution in [2.24, 2.45) is 0 Å². The monoisotopic (exact) mass is 396 g/mol. The van der Waals surface area contributed by atoms with Gasteiger partial charge in [-0.15, -0.1) is 0 Å². The summed E-state index contributed by atoms with van der Waals surface area (Å²) >= 11 is 19.6. The quantitative estimate of drug-likeness (QED) is 0.449. The number of aromatic amines is 1. The fourth-order valence-electron chi connectivity index (χ4n) is 2.31. The maximum absolute atomic E-state index is 12.6. The van der Waals surface area contributed by atoms with E-state index >= 15 is 0 Å². The Kier molecular flexibility index (Phi) is 5.21. The highest BCUT2D eigenvalue weighted by molar-refractivity contribution is 7.98. The summed E-state index contributed by atoms with van der Waals surface area (Å²) in [6.45, 7) is 0. The Hall–Kier alpha value is -1.46. The Morgan fingerprint density at radius 1 is 1.00 bits per heavy atom. The first kappa shape index (κ1) is 17.4. The standard InChI is InChI=1S/C17H11Cl3N2OS/c1-24-17-21-15(12-7-6-11(19)8-13(12)20)14(16(23)22-17)9-2-4-10(18)5-3-9/h2-8H,1H3,(H,21,22,23). The zero-order valence-electron chi connectivity index (χ0n) is 12.4. The van der Waals surface area contributed by atoms with E-state index in [0.717, 1.165) is 0 Å². The summed E-state index contributed by atoms with van der Waals surface area (Å²) in [5.41, 5.74) is 2.06. The van der Waals surface area contributed by atoms with E-state index in [0.29, 0.717) is 42.6 Å². The molecule has 2 aromatic carbocycles. The van der Waals surface area contributed by atoms with E-state index in [9.17, 15) is 4.79 Å². The molecule has 7 heteroatoms. The van der Waals surface area contributed by atoms with Crippen molar-refractivity contribution < 1.29 is 0 Å². The molecule has 0 aliphatic rings. The first-order valence-corrected chi connectivity index (χ1v) is 9.25. The molecule has 0 unspecified atom stereocenters. The molecule has 3 rings (SSSR count). The molecule has 0 fully saturated rings. The normalized spacial score (nSPS) is 10.8. The molecule has 3 nitrogen and oxygen atoms in total. The number of hydrogen-bond donors (Lipinski definition) is 1. The maximum atomic E-state index is 12.6. The highest BCUT2D eigenvalue weighted by atomic mass is 35.5. The summed E-state index contributed by atoms with van der Waals surface area (Å²) in [6, 6.07) is 12.1. The van der Waals surface area contributed by atoms with E-state index in [2.05, 4.69) is 9.97 Å².